The Morgan fingerprint density at radius 2 is 1.90 bits per heavy atom. The number of hydrogen-bond acceptors (Lipinski definition) is 2. The molecule has 106 valence electrons. The van der Waals surface area contributed by atoms with E-state index >= 15 is 0 Å². The van der Waals surface area contributed by atoms with Crippen LogP contribution in [0.5, 0.6) is 0 Å². The molecule has 1 heterocycles. The number of nitrogens with zero attached hydrogens (tertiary/aromatic N) is 1. The molecule has 0 bridgehead atoms. The summed E-state index contributed by atoms with van der Waals surface area (Å²) < 4.78 is 38.6. The van der Waals surface area contributed by atoms with Gasteiger partial charge in [-0.15, -0.1) is 0 Å². The van der Waals surface area contributed by atoms with E-state index < -0.39 is 17.8 Å². The maximum atomic E-state index is 12.9. The van der Waals surface area contributed by atoms with Crippen LogP contribution in [0.15, 0.2) is 42.7 Å². The van der Waals surface area contributed by atoms with E-state index in [1.54, 1.807) is 6.07 Å². The first-order valence-corrected chi connectivity index (χ1v) is 6.20. The lowest BCUT2D eigenvalue weighted by Gasteiger charge is -2.17. The predicted molar refractivity (Wildman–Crippen MR) is 69.4 cm³/mol. The Morgan fingerprint density at radius 1 is 1.20 bits per heavy atom. The quantitative estimate of drug-likeness (QED) is 0.928. The third-order valence-corrected chi connectivity index (χ3v) is 3.24. The molecule has 1 aromatic carbocycles. The minimum Gasteiger partial charge on any atom is -0.388 e. The van der Waals surface area contributed by atoms with Crippen LogP contribution in [0.2, 0.25) is 5.02 Å². The number of rotatable bonds is 3. The first-order chi connectivity index (χ1) is 9.39. The molecular weight excluding hydrogens is 291 g/mol. The highest BCUT2D eigenvalue weighted by Crippen LogP contribution is 2.35. The summed E-state index contributed by atoms with van der Waals surface area (Å²) in [7, 11) is 0. The normalized spacial score (nSPS) is 13.2. The smallest absolute Gasteiger partial charge is 0.388 e. The molecule has 6 heteroatoms. The van der Waals surface area contributed by atoms with Gasteiger partial charge >= 0.3 is 6.18 Å². The van der Waals surface area contributed by atoms with Gasteiger partial charge in [0, 0.05) is 18.8 Å². The number of pyridine rings is 1. The Labute approximate surface area is 118 Å². The molecule has 0 aliphatic heterocycles. The number of benzene rings is 1. The predicted octanol–water partition coefficient (Wildman–Crippen LogP) is 4.03. The molecule has 2 rings (SSSR count). The molecule has 1 aromatic heterocycles. The number of halogens is 4. The second-order valence-corrected chi connectivity index (χ2v) is 4.68. The van der Waals surface area contributed by atoms with Crippen molar-refractivity contribution in [2.75, 3.05) is 0 Å². The van der Waals surface area contributed by atoms with E-state index in [0.29, 0.717) is 10.6 Å². The van der Waals surface area contributed by atoms with E-state index in [-0.39, 0.29) is 12.0 Å². The van der Waals surface area contributed by atoms with Gasteiger partial charge in [-0.3, -0.25) is 4.98 Å². The summed E-state index contributed by atoms with van der Waals surface area (Å²) in [6, 6.07) is 6.54. The second kappa shape index (κ2) is 5.81. The molecule has 0 aliphatic carbocycles. The summed E-state index contributed by atoms with van der Waals surface area (Å²) >= 11 is 5.89. The summed E-state index contributed by atoms with van der Waals surface area (Å²) in [5.41, 5.74) is -0.447. The van der Waals surface area contributed by atoms with E-state index in [4.69, 9.17) is 11.6 Å². The van der Waals surface area contributed by atoms with E-state index in [1.807, 2.05) is 0 Å². The summed E-state index contributed by atoms with van der Waals surface area (Å²) in [4.78, 5) is 3.79. The third-order valence-electron chi connectivity index (χ3n) is 2.89. The Balaban J connectivity index is 2.31. The zero-order valence-electron chi connectivity index (χ0n) is 10.2. The molecule has 0 radical (unpaired) electrons. The monoisotopic (exact) mass is 301 g/mol. The Bertz CT molecular complexity index is 601. The second-order valence-electron chi connectivity index (χ2n) is 4.27. The van der Waals surface area contributed by atoms with Gasteiger partial charge in [-0.2, -0.15) is 13.2 Å². The van der Waals surface area contributed by atoms with E-state index in [0.717, 1.165) is 6.07 Å². The molecular formula is C14H11ClF3NO. The van der Waals surface area contributed by atoms with Crippen molar-refractivity contribution in [3.63, 3.8) is 0 Å². The van der Waals surface area contributed by atoms with Crippen LogP contribution in [-0.4, -0.2) is 10.1 Å². The van der Waals surface area contributed by atoms with Crippen LogP contribution in [0, 0.1) is 0 Å². The molecule has 2 nitrogen and oxygen atoms in total. The van der Waals surface area contributed by atoms with Gasteiger partial charge in [0.05, 0.1) is 16.7 Å². The van der Waals surface area contributed by atoms with Crippen LogP contribution in [-0.2, 0) is 12.6 Å². The number of aliphatic hydroxyl groups is 1. The molecule has 0 amide bonds. The van der Waals surface area contributed by atoms with Crippen LogP contribution >= 0.6 is 11.6 Å². The molecule has 0 spiro atoms. The largest absolute Gasteiger partial charge is 0.416 e. The third kappa shape index (κ3) is 3.29. The van der Waals surface area contributed by atoms with Crippen molar-refractivity contribution < 1.29 is 18.3 Å². The molecule has 0 saturated carbocycles. The fourth-order valence-corrected chi connectivity index (χ4v) is 2.13. The Kier molecular flexibility index (Phi) is 4.30. The van der Waals surface area contributed by atoms with Gasteiger partial charge in [-0.1, -0.05) is 29.8 Å². The summed E-state index contributed by atoms with van der Waals surface area (Å²) in [5, 5.41) is 10.4. The average molecular weight is 302 g/mol. The van der Waals surface area contributed by atoms with E-state index in [1.165, 1.54) is 30.6 Å². The average Bonchev–Trinajstić information content (AvgIpc) is 2.40. The Morgan fingerprint density at radius 3 is 2.55 bits per heavy atom. The zero-order chi connectivity index (χ0) is 14.8. The fraction of sp³-hybridized carbons (Fsp3) is 0.214. The molecule has 1 N–H and O–H groups in total. The topological polar surface area (TPSA) is 33.1 Å². The highest BCUT2D eigenvalue weighted by Gasteiger charge is 2.34. The van der Waals surface area contributed by atoms with Crippen molar-refractivity contribution in [1.29, 1.82) is 0 Å². The van der Waals surface area contributed by atoms with Crippen molar-refractivity contribution in [3.05, 3.63) is 64.4 Å². The standard InChI is InChI=1S/C14H11ClF3NO/c15-12-8-19-6-5-9(12)7-13(20)10-3-1-2-4-11(10)14(16,17)18/h1-6,8,13,20H,7H2. The van der Waals surface area contributed by atoms with Crippen LogP contribution < -0.4 is 0 Å². The molecule has 0 saturated heterocycles. The fourth-order valence-electron chi connectivity index (χ4n) is 1.93. The van der Waals surface area contributed by atoms with Crippen molar-refractivity contribution in [2.24, 2.45) is 0 Å². The minimum atomic E-state index is -4.50. The summed E-state index contributed by atoms with van der Waals surface area (Å²) in [6.45, 7) is 0. The van der Waals surface area contributed by atoms with Crippen LogP contribution in [0.3, 0.4) is 0 Å². The van der Waals surface area contributed by atoms with Gasteiger partial charge < -0.3 is 5.11 Å². The SMILES string of the molecule is OC(Cc1ccncc1Cl)c1ccccc1C(F)(F)F. The molecule has 1 atom stereocenters. The van der Waals surface area contributed by atoms with Crippen molar-refractivity contribution in [1.82, 2.24) is 4.98 Å². The van der Waals surface area contributed by atoms with E-state index in [9.17, 15) is 18.3 Å². The highest BCUT2D eigenvalue weighted by molar-refractivity contribution is 6.31. The first kappa shape index (κ1) is 14.8. The molecule has 1 unspecified atom stereocenters. The molecule has 2 aromatic rings. The Hall–Kier alpha value is -1.59. The van der Waals surface area contributed by atoms with Crippen molar-refractivity contribution in [3.8, 4) is 0 Å². The number of hydrogen-bond donors (Lipinski definition) is 1. The van der Waals surface area contributed by atoms with Gasteiger partial charge in [0.1, 0.15) is 0 Å². The van der Waals surface area contributed by atoms with Crippen LogP contribution in [0.25, 0.3) is 0 Å². The lowest BCUT2D eigenvalue weighted by molar-refractivity contribution is -0.139. The molecule has 20 heavy (non-hydrogen) atoms. The maximum absolute atomic E-state index is 12.9. The van der Waals surface area contributed by atoms with Gasteiger partial charge in [0.25, 0.3) is 0 Å². The maximum Gasteiger partial charge on any atom is 0.416 e. The lowest BCUT2D eigenvalue weighted by atomic mass is 9.97. The first-order valence-electron chi connectivity index (χ1n) is 5.82. The molecule has 0 aliphatic rings. The number of alkyl halides is 3. The van der Waals surface area contributed by atoms with Crippen LogP contribution in [0.1, 0.15) is 22.8 Å². The summed E-state index contributed by atoms with van der Waals surface area (Å²) in [5.74, 6) is 0. The lowest BCUT2D eigenvalue weighted by Crippen LogP contribution is -2.13. The molecule has 0 fully saturated rings. The van der Waals surface area contributed by atoms with Crippen molar-refractivity contribution in [2.45, 2.75) is 18.7 Å². The number of aromatic nitrogens is 1. The van der Waals surface area contributed by atoms with Crippen molar-refractivity contribution >= 4 is 11.6 Å². The number of aliphatic hydroxyl groups excluding tert-OH is 1. The van der Waals surface area contributed by atoms with E-state index in [2.05, 4.69) is 4.98 Å². The highest BCUT2D eigenvalue weighted by atomic mass is 35.5. The van der Waals surface area contributed by atoms with Gasteiger partial charge in [-0.25, -0.2) is 0 Å². The van der Waals surface area contributed by atoms with Gasteiger partial charge in [0.15, 0.2) is 0 Å². The van der Waals surface area contributed by atoms with Gasteiger partial charge in [0.2, 0.25) is 0 Å². The van der Waals surface area contributed by atoms with Crippen LogP contribution in [0.4, 0.5) is 13.2 Å². The van der Waals surface area contributed by atoms with Gasteiger partial charge in [-0.05, 0) is 23.3 Å². The summed E-state index contributed by atoms with van der Waals surface area (Å²) in [6.07, 6.45) is -2.93. The zero-order valence-corrected chi connectivity index (χ0v) is 11.0. The minimum absolute atomic E-state index is 0.00551.